The number of aromatic nitrogens is 5. The molecule has 4 aromatic rings. The molecule has 0 atom stereocenters. The smallest absolute Gasteiger partial charge is 0.123 e. The van der Waals surface area contributed by atoms with Crippen molar-refractivity contribution in [2.24, 2.45) is 0 Å². The second kappa shape index (κ2) is 8.12. The lowest BCUT2D eigenvalue weighted by molar-refractivity contribution is 1.28. The lowest BCUT2D eigenvalue weighted by Gasteiger charge is -1.86. The number of nitrogens with zero attached hydrogens (tertiary/aromatic N) is 3. The summed E-state index contributed by atoms with van der Waals surface area (Å²) in [7, 11) is 0. The van der Waals surface area contributed by atoms with Crippen LogP contribution in [-0.4, -0.2) is 24.9 Å². The monoisotopic (exact) mass is 404 g/mol. The van der Waals surface area contributed by atoms with Gasteiger partial charge < -0.3 is 15.7 Å². The van der Waals surface area contributed by atoms with Crippen LogP contribution >= 0.6 is 0 Å². The summed E-state index contributed by atoms with van der Waals surface area (Å²) in [6.07, 6.45) is 9.71. The second-order valence-electron chi connectivity index (χ2n) is 7.16. The largest absolute Gasteiger partial charge is 0.384 e. The highest BCUT2D eigenvalue weighted by Gasteiger charge is 2.02. The fourth-order valence-corrected chi connectivity index (χ4v) is 3.32. The van der Waals surface area contributed by atoms with Gasteiger partial charge in [0.1, 0.15) is 5.82 Å². The summed E-state index contributed by atoms with van der Waals surface area (Å²) in [4.78, 5) is 19.8. The average Bonchev–Trinajstić information content (AvgIpc) is 3.55. The number of anilines is 1. The number of hydrogen-bond donors (Lipinski definition) is 3. The first-order valence-corrected chi connectivity index (χ1v) is 9.91. The standard InChI is InChI=1S/C20H14N4.C5H6N2/c1-2-14-10-16-5-6-18(23-16)12-20-8-7-19(24-20)11-17-4-3-15(22-17)9-13(1)21-14;6-5-3-1-2-4-7-5/h1-12,21-22H;1-4H,(H2,6,7). The van der Waals surface area contributed by atoms with Gasteiger partial charge in [0.2, 0.25) is 0 Å². The van der Waals surface area contributed by atoms with Crippen LogP contribution in [0.4, 0.5) is 5.82 Å². The van der Waals surface area contributed by atoms with Crippen molar-refractivity contribution in [2.45, 2.75) is 0 Å². The Morgan fingerprint density at radius 2 is 1.03 bits per heavy atom. The van der Waals surface area contributed by atoms with Crippen LogP contribution in [0.5, 0.6) is 0 Å². The molecule has 0 aliphatic carbocycles. The molecule has 0 radical (unpaired) electrons. The van der Waals surface area contributed by atoms with Crippen molar-refractivity contribution in [3.63, 3.8) is 0 Å². The van der Waals surface area contributed by atoms with E-state index in [0.29, 0.717) is 5.82 Å². The molecule has 0 aromatic carbocycles. The van der Waals surface area contributed by atoms with E-state index in [9.17, 15) is 0 Å². The Labute approximate surface area is 178 Å². The summed E-state index contributed by atoms with van der Waals surface area (Å²) < 4.78 is 0. The van der Waals surface area contributed by atoms with E-state index in [1.807, 2.05) is 54.6 Å². The van der Waals surface area contributed by atoms with Gasteiger partial charge in [0.05, 0.1) is 22.8 Å². The van der Waals surface area contributed by atoms with E-state index < -0.39 is 0 Å². The minimum Gasteiger partial charge on any atom is -0.384 e. The third-order valence-electron chi connectivity index (χ3n) is 4.73. The Balaban J connectivity index is 0.000000250. The molecule has 6 heterocycles. The van der Waals surface area contributed by atoms with Crippen LogP contribution in [0, 0.1) is 0 Å². The van der Waals surface area contributed by atoms with Crippen LogP contribution in [0.2, 0.25) is 0 Å². The summed E-state index contributed by atoms with van der Waals surface area (Å²) in [6.45, 7) is 0. The van der Waals surface area contributed by atoms with E-state index in [1.165, 1.54) is 0 Å². The maximum absolute atomic E-state index is 5.25. The van der Waals surface area contributed by atoms with E-state index in [4.69, 9.17) is 5.73 Å². The van der Waals surface area contributed by atoms with Gasteiger partial charge in [-0.1, -0.05) is 6.07 Å². The predicted octanol–water partition coefficient (Wildman–Crippen LogP) is 5.32. The Bertz CT molecular complexity index is 1350. The molecule has 0 amide bonds. The molecule has 0 unspecified atom stereocenters. The molecule has 2 aliphatic rings. The number of nitrogen functional groups attached to an aromatic ring is 1. The molecular weight excluding hydrogens is 384 g/mol. The van der Waals surface area contributed by atoms with Gasteiger partial charge in [0.15, 0.2) is 0 Å². The van der Waals surface area contributed by atoms with Crippen molar-refractivity contribution < 1.29 is 0 Å². The zero-order valence-corrected chi connectivity index (χ0v) is 16.7. The van der Waals surface area contributed by atoms with Crippen molar-refractivity contribution in [3.05, 3.63) is 95.7 Å². The third-order valence-corrected chi connectivity index (χ3v) is 4.73. The topological polar surface area (TPSA) is 96.3 Å². The SMILES string of the molecule is C1=Cc2cc3ccc(cc4ccc(cc5nc(cc1n2)C=C5)[nH]4)[nH]3.Nc1ccccn1. The molecule has 2 aliphatic heterocycles. The van der Waals surface area contributed by atoms with E-state index in [2.05, 4.69) is 55.3 Å². The van der Waals surface area contributed by atoms with Gasteiger partial charge in [-0.05, 0) is 85.0 Å². The summed E-state index contributed by atoms with van der Waals surface area (Å²) in [5, 5.41) is 0. The minimum atomic E-state index is 0.572. The zero-order valence-electron chi connectivity index (χ0n) is 16.7. The Kier molecular flexibility index (Phi) is 4.86. The van der Waals surface area contributed by atoms with Crippen LogP contribution in [0.25, 0.3) is 46.4 Å². The Hall–Kier alpha value is -4.45. The van der Waals surface area contributed by atoms with Gasteiger partial charge in [-0.15, -0.1) is 0 Å². The molecule has 150 valence electrons. The highest BCUT2D eigenvalue weighted by molar-refractivity contribution is 5.77. The number of H-pyrrole nitrogens is 2. The Morgan fingerprint density at radius 3 is 1.45 bits per heavy atom. The lowest BCUT2D eigenvalue weighted by Crippen LogP contribution is -1.85. The lowest BCUT2D eigenvalue weighted by atomic mass is 10.3. The highest BCUT2D eigenvalue weighted by atomic mass is 14.8. The molecule has 6 heteroatoms. The average molecular weight is 404 g/mol. The number of rotatable bonds is 0. The van der Waals surface area contributed by atoms with Crippen LogP contribution in [0.15, 0.2) is 72.9 Å². The molecule has 6 nitrogen and oxygen atoms in total. The molecule has 0 saturated carbocycles. The molecule has 4 aromatic heterocycles. The molecular formula is C25H20N6. The Morgan fingerprint density at radius 1 is 0.548 bits per heavy atom. The second-order valence-corrected chi connectivity index (χ2v) is 7.16. The van der Waals surface area contributed by atoms with Gasteiger partial charge in [-0.2, -0.15) is 0 Å². The number of pyridine rings is 1. The first-order chi connectivity index (χ1) is 15.2. The van der Waals surface area contributed by atoms with Crippen molar-refractivity contribution in [2.75, 3.05) is 5.73 Å². The fraction of sp³-hybridized carbons (Fsp3) is 0. The van der Waals surface area contributed by atoms with Gasteiger partial charge in [-0.3, -0.25) is 0 Å². The number of aromatic amines is 2. The van der Waals surface area contributed by atoms with E-state index >= 15 is 0 Å². The molecule has 0 spiro atoms. The van der Waals surface area contributed by atoms with E-state index in [0.717, 1.165) is 44.8 Å². The van der Waals surface area contributed by atoms with Crippen LogP contribution in [-0.2, 0) is 0 Å². The molecule has 6 rings (SSSR count). The van der Waals surface area contributed by atoms with Gasteiger partial charge >= 0.3 is 0 Å². The first kappa shape index (κ1) is 18.6. The van der Waals surface area contributed by atoms with Crippen LogP contribution in [0.1, 0.15) is 22.8 Å². The summed E-state index contributed by atoms with van der Waals surface area (Å²) in [5.74, 6) is 0.572. The van der Waals surface area contributed by atoms with Gasteiger partial charge in [0.25, 0.3) is 0 Å². The predicted molar refractivity (Wildman–Crippen MR) is 128 cm³/mol. The van der Waals surface area contributed by atoms with Gasteiger partial charge in [0, 0.05) is 28.3 Å². The molecule has 8 bridgehead atoms. The highest BCUT2D eigenvalue weighted by Crippen LogP contribution is 2.17. The number of hydrogen-bond acceptors (Lipinski definition) is 4. The minimum absolute atomic E-state index is 0.572. The number of nitrogens with one attached hydrogen (secondary N) is 2. The van der Waals surface area contributed by atoms with Crippen molar-refractivity contribution in [3.8, 4) is 0 Å². The quantitative estimate of drug-likeness (QED) is 0.319. The molecule has 4 N–H and O–H groups in total. The van der Waals surface area contributed by atoms with Crippen molar-refractivity contribution >= 4 is 52.2 Å². The van der Waals surface area contributed by atoms with Crippen molar-refractivity contribution in [1.29, 1.82) is 0 Å². The maximum Gasteiger partial charge on any atom is 0.123 e. The summed E-state index contributed by atoms with van der Waals surface area (Å²) in [6, 6.07) is 21.8. The molecule has 0 fully saturated rings. The fourth-order valence-electron chi connectivity index (χ4n) is 3.32. The summed E-state index contributed by atoms with van der Waals surface area (Å²) >= 11 is 0. The van der Waals surface area contributed by atoms with E-state index in [1.54, 1.807) is 12.3 Å². The zero-order chi connectivity index (χ0) is 21.0. The van der Waals surface area contributed by atoms with Gasteiger partial charge in [-0.25, -0.2) is 15.0 Å². The van der Waals surface area contributed by atoms with Crippen LogP contribution in [0.3, 0.4) is 0 Å². The summed E-state index contributed by atoms with van der Waals surface area (Å²) in [5.41, 5.74) is 13.1. The molecule has 0 saturated heterocycles. The number of nitrogens with two attached hydrogens (primary N) is 1. The van der Waals surface area contributed by atoms with Crippen LogP contribution < -0.4 is 5.73 Å². The van der Waals surface area contributed by atoms with E-state index in [-0.39, 0.29) is 0 Å². The maximum atomic E-state index is 5.25. The first-order valence-electron chi connectivity index (χ1n) is 9.91. The third kappa shape index (κ3) is 4.59. The van der Waals surface area contributed by atoms with Crippen molar-refractivity contribution in [1.82, 2.24) is 24.9 Å². The normalized spacial score (nSPS) is 11.7. The molecule has 31 heavy (non-hydrogen) atoms. The number of fused-ring (bicyclic) bond motifs is 8.